The van der Waals surface area contributed by atoms with Crippen molar-refractivity contribution < 1.29 is 4.79 Å². The standard InChI is InChI=1S/C11H9Cl2N3OS2/c1-6(17)14-10-15-16-11(19-10)18-5-7-8(12)3-2-4-9(7)13/h2-4H,5H2,1H3,(H,14,15,17). The van der Waals surface area contributed by atoms with Crippen LogP contribution in [0, 0.1) is 0 Å². The van der Waals surface area contributed by atoms with E-state index in [0.29, 0.717) is 20.9 Å². The summed E-state index contributed by atoms with van der Waals surface area (Å²) in [6, 6.07) is 5.40. The van der Waals surface area contributed by atoms with Crippen LogP contribution in [-0.2, 0) is 10.5 Å². The van der Waals surface area contributed by atoms with Crippen molar-refractivity contribution in [1.29, 1.82) is 0 Å². The second-order valence-corrected chi connectivity index (χ2v) is 6.56. The predicted octanol–water partition coefficient (Wildman–Crippen LogP) is 4.10. The third-order valence-electron chi connectivity index (χ3n) is 2.09. The molecule has 0 saturated carbocycles. The van der Waals surface area contributed by atoms with E-state index in [2.05, 4.69) is 15.5 Å². The van der Waals surface area contributed by atoms with Gasteiger partial charge in [0.25, 0.3) is 0 Å². The first-order valence-electron chi connectivity index (χ1n) is 5.23. The summed E-state index contributed by atoms with van der Waals surface area (Å²) in [5.74, 6) is 0.439. The Balaban J connectivity index is 2.02. The first-order valence-corrected chi connectivity index (χ1v) is 7.79. The lowest BCUT2D eigenvalue weighted by Gasteiger charge is -2.04. The zero-order valence-corrected chi connectivity index (χ0v) is 13.0. The first kappa shape index (κ1) is 14.6. The molecule has 0 spiro atoms. The predicted molar refractivity (Wildman–Crippen MR) is 80.2 cm³/mol. The maximum atomic E-state index is 10.9. The van der Waals surface area contributed by atoms with Crippen molar-refractivity contribution in [1.82, 2.24) is 10.2 Å². The van der Waals surface area contributed by atoms with E-state index in [4.69, 9.17) is 23.2 Å². The van der Waals surface area contributed by atoms with Gasteiger partial charge in [0.2, 0.25) is 11.0 Å². The lowest BCUT2D eigenvalue weighted by molar-refractivity contribution is -0.114. The quantitative estimate of drug-likeness (QED) is 0.676. The Kier molecular flexibility index (Phi) is 5.04. The maximum Gasteiger partial charge on any atom is 0.223 e. The molecule has 1 heterocycles. The molecule has 4 nitrogen and oxygen atoms in total. The highest BCUT2D eigenvalue weighted by Gasteiger charge is 2.09. The number of benzene rings is 1. The van der Waals surface area contributed by atoms with E-state index < -0.39 is 0 Å². The summed E-state index contributed by atoms with van der Waals surface area (Å²) >= 11 is 15.0. The molecular formula is C11H9Cl2N3OS2. The zero-order chi connectivity index (χ0) is 13.8. The molecule has 19 heavy (non-hydrogen) atoms. The number of aromatic nitrogens is 2. The molecular weight excluding hydrogens is 325 g/mol. The maximum absolute atomic E-state index is 10.9. The number of halogens is 2. The molecule has 1 aromatic carbocycles. The number of carbonyl (C=O) groups is 1. The highest BCUT2D eigenvalue weighted by molar-refractivity contribution is 8.00. The highest BCUT2D eigenvalue weighted by atomic mass is 35.5. The molecule has 1 N–H and O–H groups in total. The molecule has 0 saturated heterocycles. The van der Waals surface area contributed by atoms with Gasteiger partial charge in [-0.1, -0.05) is 52.4 Å². The van der Waals surface area contributed by atoms with Crippen LogP contribution in [0.1, 0.15) is 12.5 Å². The van der Waals surface area contributed by atoms with Crippen LogP contribution in [0.5, 0.6) is 0 Å². The van der Waals surface area contributed by atoms with Gasteiger partial charge in [-0.3, -0.25) is 4.79 Å². The number of amides is 1. The molecule has 0 bridgehead atoms. The van der Waals surface area contributed by atoms with Crippen molar-refractivity contribution in [3.8, 4) is 0 Å². The molecule has 0 aliphatic heterocycles. The molecule has 0 unspecified atom stereocenters. The Morgan fingerprint density at radius 2 is 2.05 bits per heavy atom. The summed E-state index contributed by atoms with van der Waals surface area (Å²) < 4.78 is 0.750. The molecule has 1 aromatic heterocycles. The average molecular weight is 334 g/mol. The summed E-state index contributed by atoms with van der Waals surface area (Å²) in [7, 11) is 0. The molecule has 8 heteroatoms. The molecule has 0 fully saturated rings. The molecule has 2 rings (SSSR count). The Bertz CT molecular complexity index is 583. The topological polar surface area (TPSA) is 54.9 Å². The van der Waals surface area contributed by atoms with Gasteiger partial charge in [-0.25, -0.2) is 0 Å². The van der Waals surface area contributed by atoms with E-state index in [9.17, 15) is 4.79 Å². The van der Waals surface area contributed by atoms with Crippen LogP contribution in [0.3, 0.4) is 0 Å². The first-order chi connectivity index (χ1) is 9.06. The second-order valence-electron chi connectivity index (χ2n) is 3.54. The third-order valence-corrected chi connectivity index (χ3v) is 4.80. The Morgan fingerprint density at radius 3 is 2.68 bits per heavy atom. The third kappa shape index (κ3) is 4.07. The molecule has 0 atom stereocenters. The van der Waals surface area contributed by atoms with E-state index in [0.717, 1.165) is 9.90 Å². The van der Waals surface area contributed by atoms with E-state index in [-0.39, 0.29) is 5.91 Å². The fourth-order valence-electron chi connectivity index (χ4n) is 1.27. The molecule has 100 valence electrons. The summed E-state index contributed by atoms with van der Waals surface area (Å²) in [4.78, 5) is 10.9. The molecule has 1 amide bonds. The number of rotatable bonds is 4. The fraction of sp³-hybridized carbons (Fsp3) is 0.182. The van der Waals surface area contributed by atoms with Crippen LogP contribution in [0.2, 0.25) is 10.0 Å². The minimum absolute atomic E-state index is 0.165. The molecule has 0 radical (unpaired) electrons. The number of anilines is 1. The lowest BCUT2D eigenvalue weighted by Crippen LogP contribution is -2.04. The SMILES string of the molecule is CC(=O)Nc1nnc(SCc2c(Cl)cccc2Cl)s1. The number of hydrogen-bond acceptors (Lipinski definition) is 5. The van der Waals surface area contributed by atoms with Gasteiger partial charge >= 0.3 is 0 Å². The van der Waals surface area contributed by atoms with Gasteiger partial charge in [0, 0.05) is 22.7 Å². The van der Waals surface area contributed by atoms with Gasteiger partial charge in [-0.05, 0) is 17.7 Å². The van der Waals surface area contributed by atoms with Gasteiger partial charge in [-0.15, -0.1) is 10.2 Å². The Labute approximate surface area is 128 Å². The zero-order valence-electron chi connectivity index (χ0n) is 9.81. The normalized spacial score (nSPS) is 10.5. The number of carbonyl (C=O) groups excluding carboxylic acids is 1. The van der Waals surface area contributed by atoms with E-state index in [1.165, 1.54) is 30.0 Å². The number of hydrogen-bond donors (Lipinski definition) is 1. The largest absolute Gasteiger partial charge is 0.301 e. The van der Waals surface area contributed by atoms with Crippen molar-refractivity contribution in [2.24, 2.45) is 0 Å². The summed E-state index contributed by atoms with van der Waals surface area (Å²) in [5, 5.41) is 12.2. The number of thioether (sulfide) groups is 1. The van der Waals surface area contributed by atoms with Crippen molar-refractivity contribution in [2.45, 2.75) is 17.0 Å². The van der Waals surface area contributed by atoms with Gasteiger partial charge in [0.15, 0.2) is 4.34 Å². The van der Waals surface area contributed by atoms with Gasteiger partial charge < -0.3 is 5.32 Å². The Morgan fingerprint density at radius 1 is 1.37 bits per heavy atom. The van der Waals surface area contributed by atoms with Crippen LogP contribution in [0.4, 0.5) is 5.13 Å². The lowest BCUT2D eigenvalue weighted by atomic mass is 10.2. The van der Waals surface area contributed by atoms with Crippen LogP contribution in [0.15, 0.2) is 22.5 Å². The minimum atomic E-state index is -0.165. The summed E-state index contributed by atoms with van der Waals surface area (Å²) in [5.41, 5.74) is 0.868. The van der Waals surface area contributed by atoms with Gasteiger partial charge in [0.05, 0.1) is 0 Å². The van der Waals surface area contributed by atoms with Crippen LogP contribution in [-0.4, -0.2) is 16.1 Å². The summed E-state index contributed by atoms with van der Waals surface area (Å²) in [6.07, 6.45) is 0. The molecule has 2 aromatic rings. The smallest absolute Gasteiger partial charge is 0.223 e. The minimum Gasteiger partial charge on any atom is -0.301 e. The van der Waals surface area contributed by atoms with Crippen molar-refractivity contribution in [2.75, 3.05) is 5.32 Å². The Hall–Kier alpha value is -0.820. The summed E-state index contributed by atoms with van der Waals surface area (Å²) in [6.45, 7) is 1.43. The van der Waals surface area contributed by atoms with Crippen LogP contribution in [0.25, 0.3) is 0 Å². The fourth-order valence-corrected chi connectivity index (χ4v) is 3.81. The second kappa shape index (κ2) is 6.56. The number of nitrogens with one attached hydrogen (secondary N) is 1. The van der Waals surface area contributed by atoms with Crippen molar-refractivity contribution >= 4 is 57.3 Å². The molecule has 0 aliphatic rings. The van der Waals surface area contributed by atoms with Crippen LogP contribution >= 0.6 is 46.3 Å². The van der Waals surface area contributed by atoms with E-state index in [1.54, 1.807) is 18.2 Å². The molecule has 0 aliphatic carbocycles. The average Bonchev–Trinajstić information content (AvgIpc) is 2.75. The van der Waals surface area contributed by atoms with Crippen molar-refractivity contribution in [3.05, 3.63) is 33.8 Å². The monoisotopic (exact) mass is 333 g/mol. The van der Waals surface area contributed by atoms with E-state index >= 15 is 0 Å². The van der Waals surface area contributed by atoms with Gasteiger partial charge in [0.1, 0.15) is 0 Å². The van der Waals surface area contributed by atoms with Crippen molar-refractivity contribution in [3.63, 3.8) is 0 Å². The van der Waals surface area contributed by atoms with Crippen LogP contribution < -0.4 is 5.32 Å². The van der Waals surface area contributed by atoms with Gasteiger partial charge in [-0.2, -0.15) is 0 Å². The number of nitrogens with zero attached hydrogens (tertiary/aromatic N) is 2. The van der Waals surface area contributed by atoms with E-state index in [1.807, 2.05) is 0 Å². The highest BCUT2D eigenvalue weighted by Crippen LogP contribution is 2.33.